The Morgan fingerprint density at radius 1 is 1.07 bits per heavy atom. The molecule has 7 nitrogen and oxygen atoms in total. The summed E-state index contributed by atoms with van der Waals surface area (Å²) < 4.78 is 5.52. The van der Waals surface area contributed by atoms with Crippen LogP contribution >= 0.6 is 0 Å². The number of nitrogens with one attached hydrogen (secondary N) is 1. The van der Waals surface area contributed by atoms with E-state index in [9.17, 15) is 0 Å². The van der Waals surface area contributed by atoms with Crippen LogP contribution in [0.2, 0.25) is 0 Å². The van der Waals surface area contributed by atoms with Crippen molar-refractivity contribution in [1.82, 2.24) is 24.8 Å². The highest BCUT2D eigenvalue weighted by molar-refractivity contribution is 5.52. The van der Waals surface area contributed by atoms with Gasteiger partial charge in [-0.15, -0.1) is 0 Å². The minimum Gasteiger partial charge on any atom is -0.381 e. The summed E-state index contributed by atoms with van der Waals surface area (Å²) in [5.74, 6) is 2.07. The maximum Gasteiger partial charge on any atom is 0.228 e. The predicted octanol–water partition coefficient (Wildman–Crippen LogP) is 3.19. The minimum absolute atomic E-state index is 0.301. The van der Waals surface area contributed by atoms with Crippen LogP contribution in [0.4, 0.5) is 11.8 Å². The second-order valence-electron chi connectivity index (χ2n) is 7.60. The molecule has 4 heterocycles. The monoisotopic (exact) mass is 368 g/mol. The number of nitrogens with zero attached hydrogens (tertiary/aromatic N) is 5. The lowest BCUT2D eigenvalue weighted by atomic mass is 9.99. The number of hydrogen-bond donors (Lipinski definition) is 1. The molecule has 1 N–H and O–H groups in total. The van der Waals surface area contributed by atoms with E-state index in [2.05, 4.69) is 25.2 Å². The molecule has 0 unspecified atom stereocenters. The quantitative estimate of drug-likeness (QED) is 0.868. The summed E-state index contributed by atoms with van der Waals surface area (Å²) in [5.41, 5.74) is 2.89. The molecule has 2 aliphatic rings. The van der Waals surface area contributed by atoms with E-state index in [0.29, 0.717) is 12.0 Å². The largest absolute Gasteiger partial charge is 0.381 e. The Morgan fingerprint density at radius 2 is 1.81 bits per heavy atom. The highest BCUT2D eigenvalue weighted by atomic mass is 16.5. The molecule has 0 aromatic carbocycles. The van der Waals surface area contributed by atoms with Crippen molar-refractivity contribution in [3.05, 3.63) is 35.5 Å². The number of hydrogen-bond acceptors (Lipinski definition) is 7. The van der Waals surface area contributed by atoms with Crippen molar-refractivity contribution in [2.75, 3.05) is 31.6 Å². The number of likely N-dealkylation sites (tertiary alicyclic amines) is 1. The molecule has 144 valence electrons. The fraction of sp³-hybridized carbons (Fsp3) is 0.600. The third kappa shape index (κ3) is 4.42. The molecular weight excluding hydrogens is 340 g/mol. The zero-order valence-electron chi connectivity index (χ0n) is 16.2. The number of anilines is 2. The summed E-state index contributed by atoms with van der Waals surface area (Å²) in [6.45, 7) is 7.98. The number of ether oxygens (including phenoxy) is 1. The Hall–Kier alpha value is -2.12. The molecule has 2 aromatic rings. The molecule has 2 aromatic heterocycles. The zero-order valence-corrected chi connectivity index (χ0v) is 16.2. The fourth-order valence-corrected chi connectivity index (χ4v) is 4.19. The lowest BCUT2D eigenvalue weighted by Gasteiger charge is -2.31. The summed E-state index contributed by atoms with van der Waals surface area (Å²) in [5, 5.41) is 3.31. The standard InChI is InChI=1S/C20H28N6O/c1-14-12-15(2)24-20(23-14)25-19-18(21-7-8-22-19)17-4-3-9-26(17)13-16-5-10-27-11-6-16/h7-8,12,16-17H,3-6,9-11,13H2,1-2H3,(H,22,23,24,25)/t17-/m0/s1. The van der Waals surface area contributed by atoms with Crippen LogP contribution in [0.25, 0.3) is 0 Å². The van der Waals surface area contributed by atoms with E-state index in [-0.39, 0.29) is 0 Å². The Bertz CT molecular complexity index is 757. The first kappa shape index (κ1) is 18.3. The van der Waals surface area contributed by atoms with E-state index < -0.39 is 0 Å². The van der Waals surface area contributed by atoms with E-state index in [1.807, 2.05) is 19.9 Å². The van der Waals surface area contributed by atoms with Crippen molar-refractivity contribution in [2.45, 2.75) is 45.6 Å². The summed E-state index contributed by atoms with van der Waals surface area (Å²) in [7, 11) is 0. The van der Waals surface area contributed by atoms with Gasteiger partial charge in [0.05, 0.1) is 6.04 Å². The second kappa shape index (κ2) is 8.27. The van der Waals surface area contributed by atoms with Crippen molar-refractivity contribution >= 4 is 11.8 Å². The summed E-state index contributed by atoms with van der Waals surface area (Å²) in [6.07, 6.45) is 8.14. The number of aromatic nitrogens is 4. The van der Waals surface area contributed by atoms with Crippen LogP contribution in [0.1, 0.15) is 48.8 Å². The van der Waals surface area contributed by atoms with Gasteiger partial charge in [-0.3, -0.25) is 9.88 Å². The van der Waals surface area contributed by atoms with Gasteiger partial charge in [-0.2, -0.15) is 0 Å². The van der Waals surface area contributed by atoms with Gasteiger partial charge < -0.3 is 10.1 Å². The predicted molar refractivity (Wildman–Crippen MR) is 104 cm³/mol. The van der Waals surface area contributed by atoms with Crippen molar-refractivity contribution in [3.63, 3.8) is 0 Å². The van der Waals surface area contributed by atoms with Crippen LogP contribution in [-0.4, -0.2) is 51.1 Å². The average Bonchev–Trinajstić information content (AvgIpc) is 3.10. The molecule has 27 heavy (non-hydrogen) atoms. The molecule has 7 heteroatoms. The smallest absolute Gasteiger partial charge is 0.228 e. The van der Waals surface area contributed by atoms with Crippen LogP contribution in [0.15, 0.2) is 18.5 Å². The van der Waals surface area contributed by atoms with Crippen molar-refractivity contribution in [3.8, 4) is 0 Å². The number of aryl methyl sites for hydroxylation is 2. The Morgan fingerprint density at radius 3 is 2.59 bits per heavy atom. The highest BCUT2D eigenvalue weighted by Crippen LogP contribution is 2.35. The molecule has 0 bridgehead atoms. The van der Waals surface area contributed by atoms with Gasteiger partial charge in [0.1, 0.15) is 5.69 Å². The molecule has 2 fully saturated rings. The van der Waals surface area contributed by atoms with Gasteiger partial charge in [-0.1, -0.05) is 0 Å². The van der Waals surface area contributed by atoms with Gasteiger partial charge in [0, 0.05) is 43.5 Å². The van der Waals surface area contributed by atoms with Gasteiger partial charge in [-0.05, 0) is 58.1 Å². The van der Waals surface area contributed by atoms with Crippen LogP contribution < -0.4 is 5.32 Å². The lowest BCUT2D eigenvalue weighted by molar-refractivity contribution is 0.0504. The molecular formula is C20H28N6O. The average molecular weight is 368 g/mol. The molecule has 0 aliphatic carbocycles. The van der Waals surface area contributed by atoms with Crippen LogP contribution in [0, 0.1) is 19.8 Å². The van der Waals surface area contributed by atoms with Gasteiger partial charge >= 0.3 is 0 Å². The summed E-state index contributed by atoms with van der Waals surface area (Å²) in [4.78, 5) is 20.8. The normalized spacial score (nSPS) is 21.5. The first-order valence-corrected chi connectivity index (χ1v) is 9.91. The third-order valence-corrected chi connectivity index (χ3v) is 5.45. The molecule has 4 rings (SSSR count). The van der Waals surface area contributed by atoms with Crippen molar-refractivity contribution in [1.29, 1.82) is 0 Å². The SMILES string of the molecule is Cc1cc(C)nc(Nc2nccnc2[C@@H]2CCCN2CC2CCOCC2)n1. The van der Waals surface area contributed by atoms with E-state index in [1.165, 1.54) is 6.42 Å². The topological polar surface area (TPSA) is 76.1 Å². The minimum atomic E-state index is 0.301. The number of rotatable bonds is 5. The molecule has 0 saturated carbocycles. The van der Waals surface area contributed by atoms with E-state index >= 15 is 0 Å². The van der Waals surface area contributed by atoms with Crippen molar-refractivity contribution < 1.29 is 4.74 Å². The van der Waals surface area contributed by atoms with Crippen LogP contribution in [-0.2, 0) is 4.74 Å². The molecule has 0 radical (unpaired) electrons. The first-order chi connectivity index (χ1) is 13.2. The van der Waals surface area contributed by atoms with Gasteiger partial charge in [0.2, 0.25) is 5.95 Å². The third-order valence-electron chi connectivity index (χ3n) is 5.45. The molecule has 2 aliphatic heterocycles. The van der Waals surface area contributed by atoms with E-state index in [4.69, 9.17) is 9.72 Å². The Balaban J connectivity index is 1.54. The summed E-state index contributed by atoms with van der Waals surface area (Å²) in [6, 6.07) is 2.27. The van der Waals surface area contributed by atoms with Crippen LogP contribution in [0.5, 0.6) is 0 Å². The van der Waals surface area contributed by atoms with Crippen molar-refractivity contribution in [2.24, 2.45) is 5.92 Å². The maximum atomic E-state index is 5.52. The highest BCUT2D eigenvalue weighted by Gasteiger charge is 2.31. The van der Waals surface area contributed by atoms with Gasteiger partial charge in [0.15, 0.2) is 5.82 Å². The fourth-order valence-electron chi connectivity index (χ4n) is 4.19. The first-order valence-electron chi connectivity index (χ1n) is 9.91. The Labute approximate surface area is 160 Å². The Kier molecular flexibility index (Phi) is 5.59. The van der Waals surface area contributed by atoms with Gasteiger partial charge in [0.25, 0.3) is 0 Å². The summed E-state index contributed by atoms with van der Waals surface area (Å²) >= 11 is 0. The second-order valence-corrected chi connectivity index (χ2v) is 7.60. The van der Waals surface area contributed by atoms with Gasteiger partial charge in [-0.25, -0.2) is 15.0 Å². The molecule has 1 atom stereocenters. The molecule has 0 spiro atoms. The van der Waals surface area contributed by atoms with E-state index in [0.717, 1.165) is 74.4 Å². The maximum absolute atomic E-state index is 5.52. The van der Waals surface area contributed by atoms with Crippen LogP contribution in [0.3, 0.4) is 0 Å². The van der Waals surface area contributed by atoms with E-state index in [1.54, 1.807) is 12.4 Å². The zero-order chi connectivity index (χ0) is 18.6. The lowest BCUT2D eigenvalue weighted by Crippen LogP contribution is -2.32. The molecule has 2 saturated heterocycles. The molecule has 0 amide bonds.